The zero-order chi connectivity index (χ0) is 14.8. The lowest BCUT2D eigenvalue weighted by molar-refractivity contribution is 0.129. The van der Waals surface area contributed by atoms with Gasteiger partial charge in [0.15, 0.2) is 0 Å². The Morgan fingerprint density at radius 2 is 1.38 bits per heavy atom. The Balaban J connectivity index is 1.84. The minimum Gasteiger partial charge on any atom is -0.323 e. The molecule has 21 heavy (non-hydrogen) atoms. The van der Waals surface area contributed by atoms with Gasteiger partial charge in [-0.1, -0.05) is 68.4 Å². The molecule has 0 fully saturated rings. The van der Waals surface area contributed by atoms with E-state index in [4.69, 9.17) is 5.73 Å². The van der Waals surface area contributed by atoms with Gasteiger partial charge in [0.1, 0.15) is 0 Å². The second kappa shape index (κ2) is 6.00. The van der Waals surface area contributed by atoms with E-state index in [1.807, 2.05) is 6.07 Å². The molecule has 0 saturated carbocycles. The van der Waals surface area contributed by atoms with Gasteiger partial charge in [0.05, 0.1) is 0 Å². The molecule has 1 heterocycles. The van der Waals surface area contributed by atoms with E-state index in [0.29, 0.717) is 12.0 Å². The van der Waals surface area contributed by atoms with Crippen molar-refractivity contribution in [3.05, 3.63) is 71.3 Å². The van der Waals surface area contributed by atoms with Crippen molar-refractivity contribution in [1.29, 1.82) is 0 Å². The van der Waals surface area contributed by atoms with Crippen molar-refractivity contribution < 1.29 is 0 Å². The van der Waals surface area contributed by atoms with E-state index in [1.54, 1.807) is 0 Å². The molecular formula is C19H24N2. The van der Waals surface area contributed by atoms with Crippen LogP contribution in [0.2, 0.25) is 0 Å². The number of hydrogen-bond acceptors (Lipinski definition) is 2. The Bertz CT molecular complexity index is 567. The van der Waals surface area contributed by atoms with Gasteiger partial charge >= 0.3 is 0 Å². The molecular weight excluding hydrogens is 256 g/mol. The molecule has 0 radical (unpaired) electrons. The first-order chi connectivity index (χ1) is 10.2. The van der Waals surface area contributed by atoms with E-state index >= 15 is 0 Å². The summed E-state index contributed by atoms with van der Waals surface area (Å²) in [5, 5.41) is 0. The van der Waals surface area contributed by atoms with Crippen molar-refractivity contribution in [3.63, 3.8) is 0 Å². The Hall–Kier alpha value is -1.64. The van der Waals surface area contributed by atoms with Crippen LogP contribution in [0.15, 0.2) is 54.6 Å². The molecule has 0 aliphatic carbocycles. The topological polar surface area (TPSA) is 29.3 Å². The standard InChI is InChI=1S/C19H24N2/c1-14(2)19(18(20)15-8-4-3-5-9-15)21-12-16-10-6-7-11-17(16)13-21/h3-11,14,18-19H,12-13,20H2,1-2H3. The molecule has 0 amide bonds. The van der Waals surface area contributed by atoms with Gasteiger partial charge in [-0.3, -0.25) is 4.90 Å². The third-order valence-corrected chi connectivity index (χ3v) is 4.52. The van der Waals surface area contributed by atoms with Crippen LogP contribution in [0.3, 0.4) is 0 Å². The van der Waals surface area contributed by atoms with Gasteiger partial charge in [-0.15, -0.1) is 0 Å². The maximum absolute atomic E-state index is 6.61. The first kappa shape index (κ1) is 14.3. The average Bonchev–Trinajstić information content (AvgIpc) is 2.91. The molecule has 1 aliphatic rings. The summed E-state index contributed by atoms with van der Waals surface area (Å²) in [5.74, 6) is 0.523. The number of rotatable bonds is 4. The van der Waals surface area contributed by atoms with E-state index < -0.39 is 0 Å². The molecule has 2 nitrogen and oxygen atoms in total. The normalized spacial score (nSPS) is 17.7. The van der Waals surface area contributed by atoms with E-state index in [9.17, 15) is 0 Å². The Kier molecular flexibility index (Phi) is 4.09. The summed E-state index contributed by atoms with van der Waals surface area (Å²) in [7, 11) is 0. The van der Waals surface area contributed by atoms with Crippen LogP contribution in [-0.2, 0) is 13.1 Å². The molecule has 0 aromatic heterocycles. The number of nitrogens with two attached hydrogens (primary N) is 1. The predicted molar refractivity (Wildman–Crippen MR) is 87.7 cm³/mol. The third kappa shape index (κ3) is 2.87. The first-order valence-electron chi connectivity index (χ1n) is 7.78. The molecule has 2 heteroatoms. The summed E-state index contributed by atoms with van der Waals surface area (Å²) in [6.07, 6.45) is 0. The molecule has 3 rings (SSSR count). The lowest BCUT2D eigenvalue weighted by Gasteiger charge is -2.35. The quantitative estimate of drug-likeness (QED) is 0.924. The fourth-order valence-electron chi connectivity index (χ4n) is 3.51. The highest BCUT2D eigenvalue weighted by atomic mass is 15.2. The van der Waals surface area contributed by atoms with Crippen molar-refractivity contribution in [2.75, 3.05) is 0 Å². The highest BCUT2D eigenvalue weighted by Crippen LogP contribution is 2.32. The second-order valence-electron chi connectivity index (χ2n) is 6.34. The number of benzene rings is 2. The average molecular weight is 280 g/mol. The van der Waals surface area contributed by atoms with Crippen LogP contribution in [0.5, 0.6) is 0 Å². The molecule has 0 spiro atoms. The molecule has 2 atom stereocenters. The van der Waals surface area contributed by atoms with Gasteiger partial charge in [-0.25, -0.2) is 0 Å². The van der Waals surface area contributed by atoms with E-state index in [2.05, 4.69) is 67.3 Å². The molecule has 2 aromatic rings. The van der Waals surface area contributed by atoms with E-state index in [0.717, 1.165) is 13.1 Å². The molecule has 2 aromatic carbocycles. The van der Waals surface area contributed by atoms with Crippen LogP contribution in [-0.4, -0.2) is 10.9 Å². The Morgan fingerprint density at radius 1 is 0.857 bits per heavy atom. The molecule has 2 N–H and O–H groups in total. The van der Waals surface area contributed by atoms with Gasteiger partial charge in [-0.05, 0) is 22.6 Å². The maximum atomic E-state index is 6.61. The smallest absolute Gasteiger partial charge is 0.0455 e. The summed E-state index contributed by atoms with van der Waals surface area (Å²) < 4.78 is 0. The fourth-order valence-corrected chi connectivity index (χ4v) is 3.51. The maximum Gasteiger partial charge on any atom is 0.0455 e. The number of nitrogens with zero attached hydrogens (tertiary/aromatic N) is 1. The zero-order valence-corrected chi connectivity index (χ0v) is 12.9. The summed E-state index contributed by atoms with van der Waals surface area (Å²) in [5.41, 5.74) is 10.7. The highest BCUT2D eigenvalue weighted by molar-refractivity contribution is 5.31. The van der Waals surface area contributed by atoms with Crippen LogP contribution in [0.1, 0.15) is 36.6 Å². The van der Waals surface area contributed by atoms with Gasteiger partial charge in [0.25, 0.3) is 0 Å². The SMILES string of the molecule is CC(C)C(C(N)c1ccccc1)N1Cc2ccccc2C1. The third-order valence-electron chi connectivity index (χ3n) is 4.52. The summed E-state index contributed by atoms with van der Waals surface area (Å²) >= 11 is 0. The number of hydrogen-bond donors (Lipinski definition) is 1. The summed E-state index contributed by atoms with van der Waals surface area (Å²) in [6, 6.07) is 19.6. The zero-order valence-electron chi connectivity index (χ0n) is 12.9. The molecule has 0 saturated heterocycles. The van der Waals surface area contributed by atoms with Crippen molar-refractivity contribution in [1.82, 2.24) is 4.90 Å². The van der Waals surface area contributed by atoms with Crippen molar-refractivity contribution in [3.8, 4) is 0 Å². The van der Waals surface area contributed by atoms with Crippen molar-refractivity contribution in [2.45, 2.75) is 39.0 Å². The van der Waals surface area contributed by atoms with Crippen LogP contribution in [0.25, 0.3) is 0 Å². The Morgan fingerprint density at radius 3 is 1.90 bits per heavy atom. The lowest BCUT2D eigenvalue weighted by atomic mass is 9.90. The lowest BCUT2D eigenvalue weighted by Crippen LogP contribution is -2.43. The van der Waals surface area contributed by atoms with Gasteiger partial charge in [0, 0.05) is 25.2 Å². The molecule has 110 valence electrons. The Labute approximate surface area is 127 Å². The van der Waals surface area contributed by atoms with Crippen LogP contribution in [0.4, 0.5) is 0 Å². The first-order valence-corrected chi connectivity index (χ1v) is 7.78. The van der Waals surface area contributed by atoms with Gasteiger partial charge < -0.3 is 5.73 Å². The number of fused-ring (bicyclic) bond motifs is 1. The van der Waals surface area contributed by atoms with Gasteiger partial charge in [0.2, 0.25) is 0 Å². The summed E-state index contributed by atoms with van der Waals surface area (Å²) in [6.45, 7) is 6.58. The molecule has 1 aliphatic heterocycles. The van der Waals surface area contributed by atoms with E-state index in [1.165, 1.54) is 16.7 Å². The highest BCUT2D eigenvalue weighted by Gasteiger charge is 2.32. The fraction of sp³-hybridized carbons (Fsp3) is 0.368. The van der Waals surface area contributed by atoms with Crippen molar-refractivity contribution in [2.24, 2.45) is 11.7 Å². The summed E-state index contributed by atoms with van der Waals surface area (Å²) in [4.78, 5) is 2.53. The second-order valence-corrected chi connectivity index (χ2v) is 6.34. The predicted octanol–water partition coefficient (Wildman–Crippen LogP) is 3.73. The van der Waals surface area contributed by atoms with Crippen LogP contribution in [0, 0.1) is 5.92 Å². The minimum absolute atomic E-state index is 0.0560. The molecule has 2 unspecified atom stereocenters. The van der Waals surface area contributed by atoms with Crippen molar-refractivity contribution >= 4 is 0 Å². The monoisotopic (exact) mass is 280 g/mol. The largest absolute Gasteiger partial charge is 0.323 e. The molecule has 0 bridgehead atoms. The van der Waals surface area contributed by atoms with Crippen LogP contribution >= 0.6 is 0 Å². The van der Waals surface area contributed by atoms with Gasteiger partial charge in [-0.2, -0.15) is 0 Å². The minimum atomic E-state index is 0.0560. The van der Waals surface area contributed by atoms with E-state index in [-0.39, 0.29) is 6.04 Å². The van der Waals surface area contributed by atoms with Crippen LogP contribution < -0.4 is 5.73 Å².